The SMILES string of the molecule is Cc1c(CNC(Cn2ccnc2)C(C)(C)C)cnn1C. The summed E-state index contributed by atoms with van der Waals surface area (Å²) in [5, 5.41) is 7.96. The van der Waals surface area contributed by atoms with Crippen LogP contribution in [0, 0.1) is 12.3 Å². The summed E-state index contributed by atoms with van der Waals surface area (Å²) in [7, 11) is 1.98. The van der Waals surface area contributed by atoms with Crippen LogP contribution in [0.2, 0.25) is 0 Å². The molecule has 0 aromatic carbocycles. The van der Waals surface area contributed by atoms with E-state index < -0.39 is 0 Å². The summed E-state index contributed by atoms with van der Waals surface area (Å²) >= 11 is 0. The smallest absolute Gasteiger partial charge is 0.0946 e. The van der Waals surface area contributed by atoms with E-state index in [2.05, 4.69) is 47.7 Å². The number of aromatic nitrogens is 4. The molecule has 0 spiro atoms. The van der Waals surface area contributed by atoms with Crippen molar-refractivity contribution in [2.75, 3.05) is 0 Å². The maximum Gasteiger partial charge on any atom is 0.0946 e. The third-order valence-corrected chi connectivity index (χ3v) is 3.87. The molecular weight excluding hydrogens is 250 g/mol. The molecule has 0 bridgehead atoms. The lowest BCUT2D eigenvalue weighted by molar-refractivity contribution is 0.240. The highest BCUT2D eigenvalue weighted by Gasteiger charge is 2.24. The molecule has 1 unspecified atom stereocenters. The third-order valence-electron chi connectivity index (χ3n) is 3.87. The van der Waals surface area contributed by atoms with Gasteiger partial charge in [0.05, 0.1) is 12.5 Å². The largest absolute Gasteiger partial charge is 0.336 e. The Labute approximate surface area is 121 Å². The Balaban J connectivity index is 2.03. The average Bonchev–Trinajstić information content (AvgIpc) is 2.97. The molecule has 0 aliphatic carbocycles. The first-order valence-electron chi connectivity index (χ1n) is 7.04. The summed E-state index contributed by atoms with van der Waals surface area (Å²) in [6.45, 7) is 10.7. The van der Waals surface area contributed by atoms with Crippen LogP contribution in [0.15, 0.2) is 24.9 Å². The zero-order valence-electron chi connectivity index (χ0n) is 13.1. The molecule has 0 amide bonds. The lowest BCUT2D eigenvalue weighted by Crippen LogP contribution is -2.43. The summed E-state index contributed by atoms with van der Waals surface area (Å²) < 4.78 is 4.04. The van der Waals surface area contributed by atoms with Crippen LogP contribution in [0.4, 0.5) is 0 Å². The molecule has 0 aliphatic heterocycles. The van der Waals surface area contributed by atoms with Gasteiger partial charge >= 0.3 is 0 Å². The van der Waals surface area contributed by atoms with E-state index in [9.17, 15) is 0 Å². The summed E-state index contributed by atoms with van der Waals surface area (Å²) in [5.74, 6) is 0. The summed E-state index contributed by atoms with van der Waals surface area (Å²) in [6.07, 6.45) is 7.65. The number of hydrogen-bond donors (Lipinski definition) is 1. The fraction of sp³-hybridized carbons (Fsp3) is 0.600. The summed E-state index contributed by atoms with van der Waals surface area (Å²) in [5.41, 5.74) is 2.65. The molecule has 110 valence electrons. The van der Waals surface area contributed by atoms with Gasteiger partial charge in [0.15, 0.2) is 0 Å². The van der Waals surface area contributed by atoms with Crippen molar-refractivity contribution >= 4 is 0 Å². The lowest BCUT2D eigenvalue weighted by Gasteiger charge is -2.32. The van der Waals surface area contributed by atoms with Crippen LogP contribution in [0.3, 0.4) is 0 Å². The standard InChI is InChI=1S/C15H25N5/c1-12-13(9-18-19(12)5)8-17-14(15(2,3)4)10-20-7-6-16-11-20/h6-7,9,11,14,17H,8,10H2,1-5H3. The van der Waals surface area contributed by atoms with Crippen molar-refractivity contribution in [3.8, 4) is 0 Å². The molecule has 5 heteroatoms. The maximum absolute atomic E-state index is 4.29. The molecule has 0 fully saturated rings. The van der Waals surface area contributed by atoms with Crippen LogP contribution >= 0.6 is 0 Å². The normalized spacial score (nSPS) is 13.7. The fourth-order valence-electron chi connectivity index (χ4n) is 2.20. The number of imidazole rings is 1. The first-order valence-corrected chi connectivity index (χ1v) is 7.04. The summed E-state index contributed by atoms with van der Waals surface area (Å²) in [4.78, 5) is 4.11. The van der Waals surface area contributed by atoms with E-state index in [0.717, 1.165) is 13.1 Å². The first kappa shape index (κ1) is 14.8. The summed E-state index contributed by atoms with van der Waals surface area (Å²) in [6, 6.07) is 0.372. The fourth-order valence-corrected chi connectivity index (χ4v) is 2.20. The molecule has 1 atom stereocenters. The molecule has 1 N–H and O–H groups in total. The Morgan fingerprint density at radius 3 is 2.60 bits per heavy atom. The molecule has 2 aromatic rings. The Bertz CT molecular complexity index is 533. The number of hydrogen-bond acceptors (Lipinski definition) is 3. The van der Waals surface area contributed by atoms with E-state index in [0.29, 0.717) is 6.04 Å². The first-order chi connectivity index (χ1) is 9.38. The van der Waals surface area contributed by atoms with Gasteiger partial charge in [0, 0.05) is 49.8 Å². The molecule has 0 saturated carbocycles. The Morgan fingerprint density at radius 2 is 2.10 bits per heavy atom. The Hall–Kier alpha value is -1.62. The van der Waals surface area contributed by atoms with E-state index in [1.807, 2.05) is 36.6 Å². The lowest BCUT2D eigenvalue weighted by atomic mass is 9.86. The van der Waals surface area contributed by atoms with Crippen LogP contribution in [0.25, 0.3) is 0 Å². The van der Waals surface area contributed by atoms with Gasteiger partial charge in [0.25, 0.3) is 0 Å². The molecule has 20 heavy (non-hydrogen) atoms. The highest BCUT2D eigenvalue weighted by molar-refractivity contribution is 5.15. The van der Waals surface area contributed by atoms with Gasteiger partial charge in [-0.15, -0.1) is 0 Å². The molecule has 0 saturated heterocycles. The second-order valence-electron chi connectivity index (χ2n) is 6.44. The van der Waals surface area contributed by atoms with Gasteiger partial charge in [-0.1, -0.05) is 20.8 Å². The van der Waals surface area contributed by atoms with Crippen LogP contribution < -0.4 is 5.32 Å². The topological polar surface area (TPSA) is 47.7 Å². The van der Waals surface area contributed by atoms with Crippen molar-refractivity contribution in [1.29, 1.82) is 0 Å². The minimum Gasteiger partial charge on any atom is -0.336 e. The zero-order chi connectivity index (χ0) is 14.8. The van der Waals surface area contributed by atoms with Crippen LogP contribution in [-0.4, -0.2) is 25.4 Å². The van der Waals surface area contributed by atoms with Crippen molar-refractivity contribution in [3.63, 3.8) is 0 Å². The van der Waals surface area contributed by atoms with Gasteiger partial charge in [-0.05, 0) is 12.3 Å². The minimum absolute atomic E-state index is 0.181. The number of nitrogens with zero attached hydrogens (tertiary/aromatic N) is 4. The van der Waals surface area contributed by atoms with Crippen LogP contribution in [-0.2, 0) is 20.1 Å². The van der Waals surface area contributed by atoms with Crippen molar-refractivity contribution in [2.24, 2.45) is 12.5 Å². The monoisotopic (exact) mass is 275 g/mol. The van der Waals surface area contributed by atoms with Gasteiger partial charge in [0.1, 0.15) is 0 Å². The highest BCUT2D eigenvalue weighted by atomic mass is 15.3. The second kappa shape index (κ2) is 5.79. The number of rotatable bonds is 5. The predicted octanol–water partition coefficient (Wildman–Crippen LogP) is 2.13. The highest BCUT2D eigenvalue weighted by Crippen LogP contribution is 2.21. The quantitative estimate of drug-likeness (QED) is 0.909. The molecule has 2 aromatic heterocycles. The van der Waals surface area contributed by atoms with Crippen LogP contribution in [0.1, 0.15) is 32.0 Å². The van der Waals surface area contributed by atoms with Gasteiger partial charge < -0.3 is 9.88 Å². The molecule has 0 aliphatic rings. The Kier molecular flexibility index (Phi) is 4.28. The number of nitrogens with one attached hydrogen (secondary N) is 1. The zero-order valence-corrected chi connectivity index (χ0v) is 13.1. The molecule has 0 radical (unpaired) electrons. The van der Waals surface area contributed by atoms with Crippen LogP contribution in [0.5, 0.6) is 0 Å². The number of aryl methyl sites for hydroxylation is 1. The van der Waals surface area contributed by atoms with Crippen molar-refractivity contribution < 1.29 is 0 Å². The minimum atomic E-state index is 0.181. The van der Waals surface area contributed by atoms with E-state index in [1.54, 1.807) is 0 Å². The molecule has 2 rings (SSSR count). The Morgan fingerprint density at radius 1 is 1.35 bits per heavy atom. The van der Waals surface area contributed by atoms with Gasteiger partial charge in [0.2, 0.25) is 0 Å². The maximum atomic E-state index is 4.29. The van der Waals surface area contributed by atoms with Gasteiger partial charge in [-0.25, -0.2) is 4.98 Å². The average molecular weight is 275 g/mol. The van der Waals surface area contributed by atoms with E-state index in [4.69, 9.17) is 0 Å². The van der Waals surface area contributed by atoms with Crippen molar-refractivity contribution in [2.45, 2.75) is 46.8 Å². The van der Waals surface area contributed by atoms with E-state index >= 15 is 0 Å². The van der Waals surface area contributed by atoms with Crippen molar-refractivity contribution in [3.05, 3.63) is 36.2 Å². The third kappa shape index (κ3) is 3.48. The van der Waals surface area contributed by atoms with Crippen molar-refractivity contribution in [1.82, 2.24) is 24.6 Å². The van der Waals surface area contributed by atoms with E-state index in [1.165, 1.54) is 11.3 Å². The predicted molar refractivity (Wildman–Crippen MR) is 80.3 cm³/mol. The molecule has 5 nitrogen and oxygen atoms in total. The molecule has 2 heterocycles. The van der Waals surface area contributed by atoms with Gasteiger partial charge in [-0.3, -0.25) is 4.68 Å². The second-order valence-corrected chi connectivity index (χ2v) is 6.44. The van der Waals surface area contributed by atoms with Gasteiger partial charge in [-0.2, -0.15) is 5.10 Å². The molecular formula is C15H25N5. The van der Waals surface area contributed by atoms with E-state index in [-0.39, 0.29) is 5.41 Å².